The number of H-pyrrole nitrogens is 1. The van der Waals surface area contributed by atoms with Crippen LogP contribution in [0.5, 0.6) is 5.75 Å². The Kier molecular flexibility index (Phi) is 6.72. The van der Waals surface area contributed by atoms with Gasteiger partial charge in [-0.05, 0) is 102 Å². The Balaban J connectivity index is 1.13. The minimum atomic E-state index is -0.757. The molecule has 1 fully saturated rings. The minimum absolute atomic E-state index is 0.00229. The maximum atomic E-state index is 13.5. The second-order valence-electron chi connectivity index (χ2n) is 12.1. The van der Waals surface area contributed by atoms with Crippen molar-refractivity contribution < 1.29 is 14.6 Å². The van der Waals surface area contributed by atoms with Crippen molar-refractivity contribution in [1.82, 2.24) is 20.1 Å². The van der Waals surface area contributed by atoms with Gasteiger partial charge in [-0.1, -0.05) is 42.8 Å². The van der Waals surface area contributed by atoms with Gasteiger partial charge in [0.2, 0.25) is 0 Å². The number of phenols is 1. The van der Waals surface area contributed by atoms with Crippen LogP contribution in [0, 0.1) is 17.2 Å². The van der Waals surface area contributed by atoms with Crippen LogP contribution >= 0.6 is 0 Å². The van der Waals surface area contributed by atoms with Crippen LogP contribution in [0.4, 0.5) is 4.39 Å². The molecule has 0 amide bonds. The van der Waals surface area contributed by atoms with Gasteiger partial charge in [0.1, 0.15) is 17.8 Å². The first kappa shape index (κ1) is 26.7. The molecule has 2 aliphatic carbocycles. The highest BCUT2D eigenvalue weighted by atomic mass is 19.1. The number of halogens is 1. The van der Waals surface area contributed by atoms with E-state index in [4.69, 9.17) is 0 Å². The number of aliphatic hydroxyl groups excluding tert-OH is 1. The normalized spacial score (nSPS) is 21.1. The van der Waals surface area contributed by atoms with Crippen LogP contribution in [0.1, 0.15) is 54.6 Å². The predicted octanol–water partition coefficient (Wildman–Crippen LogP) is 6.84. The summed E-state index contributed by atoms with van der Waals surface area (Å²) in [5.41, 5.74) is 7.66. The van der Waals surface area contributed by atoms with Crippen LogP contribution in [-0.4, -0.2) is 31.2 Å². The molecular formula is C35H35FN4O2. The highest BCUT2D eigenvalue weighted by Gasteiger charge is 2.46. The highest BCUT2D eigenvalue weighted by molar-refractivity contribution is 5.84. The molecule has 4 N–H and O–H groups in total. The summed E-state index contributed by atoms with van der Waals surface area (Å²) in [6, 6.07) is 22.1. The van der Waals surface area contributed by atoms with Crippen LogP contribution in [0.2, 0.25) is 0 Å². The van der Waals surface area contributed by atoms with Gasteiger partial charge in [-0.15, -0.1) is 0 Å². The van der Waals surface area contributed by atoms with Gasteiger partial charge in [0, 0.05) is 29.6 Å². The molecule has 4 atom stereocenters. The van der Waals surface area contributed by atoms with Crippen molar-refractivity contribution in [1.29, 1.82) is 0 Å². The number of hydrogen-bond donors (Lipinski definition) is 4. The molecule has 2 aliphatic rings. The molecule has 2 heterocycles. The Morgan fingerprint density at radius 3 is 2.74 bits per heavy atom. The standard InChI is InChI=1S/C35H35FN4O2/c1-35-19-24-21-38-40(28-11-9-27(36)10-12-28)33(24)17-26(35)8-7-25(35)16-32(22-5-3-2-4-6-22)39-34(42)15-23-20-37-31-14-13-29(41)18-30(23)31/h2-6,9-14,17-18,20-21,25,32,34,37,39,41-42H,7-8,15-16,19H2,1H3/t25-,32?,34?,35-/m1/s1. The van der Waals surface area contributed by atoms with Crippen molar-refractivity contribution in [3.05, 3.63) is 119 Å². The second-order valence-corrected chi connectivity index (χ2v) is 12.1. The summed E-state index contributed by atoms with van der Waals surface area (Å²) in [4.78, 5) is 3.24. The molecule has 0 spiro atoms. The molecule has 2 unspecified atom stereocenters. The Bertz CT molecular complexity index is 1760. The zero-order valence-electron chi connectivity index (χ0n) is 23.6. The molecule has 2 aromatic heterocycles. The summed E-state index contributed by atoms with van der Waals surface area (Å²) in [7, 11) is 0. The van der Waals surface area contributed by atoms with E-state index < -0.39 is 6.23 Å². The monoisotopic (exact) mass is 562 g/mol. The van der Waals surface area contributed by atoms with Crippen molar-refractivity contribution in [2.24, 2.45) is 11.3 Å². The van der Waals surface area contributed by atoms with E-state index in [1.807, 2.05) is 29.2 Å². The second kappa shape index (κ2) is 10.6. The average molecular weight is 563 g/mol. The van der Waals surface area contributed by atoms with E-state index in [0.717, 1.165) is 59.1 Å². The Hall–Kier alpha value is -4.20. The number of aliphatic hydroxyl groups is 1. The van der Waals surface area contributed by atoms with Gasteiger partial charge in [0.05, 0.1) is 17.6 Å². The zero-order chi connectivity index (χ0) is 28.8. The summed E-state index contributed by atoms with van der Waals surface area (Å²) in [5.74, 6) is 0.378. The summed E-state index contributed by atoms with van der Waals surface area (Å²) >= 11 is 0. The fourth-order valence-corrected chi connectivity index (χ4v) is 7.20. The van der Waals surface area contributed by atoms with Gasteiger partial charge < -0.3 is 15.2 Å². The van der Waals surface area contributed by atoms with Crippen molar-refractivity contribution >= 4 is 17.0 Å². The van der Waals surface area contributed by atoms with Gasteiger partial charge in [0.15, 0.2) is 0 Å². The molecule has 3 aromatic carbocycles. The van der Waals surface area contributed by atoms with Crippen molar-refractivity contribution in [2.75, 3.05) is 0 Å². The SMILES string of the molecule is C[C@]12Cc3cnn(-c4ccc(F)cc4)c3C=C1CC[C@@H]2CC(NC(O)Cc1c[nH]c2ccc(O)cc12)c1ccccc1. The first-order valence-corrected chi connectivity index (χ1v) is 14.7. The largest absolute Gasteiger partial charge is 0.508 e. The topological polar surface area (TPSA) is 86.1 Å². The maximum absolute atomic E-state index is 13.5. The Morgan fingerprint density at radius 2 is 1.93 bits per heavy atom. The first-order chi connectivity index (χ1) is 20.4. The third kappa shape index (κ3) is 4.82. The molecule has 42 heavy (non-hydrogen) atoms. The van der Waals surface area contributed by atoms with Crippen LogP contribution in [-0.2, 0) is 12.8 Å². The summed E-state index contributed by atoms with van der Waals surface area (Å²) in [6.45, 7) is 2.38. The number of fused-ring (bicyclic) bond motifs is 3. The third-order valence-corrected chi connectivity index (χ3v) is 9.50. The maximum Gasteiger partial charge on any atom is 0.123 e. The molecule has 214 valence electrons. The van der Waals surface area contributed by atoms with Gasteiger partial charge in [0.25, 0.3) is 0 Å². The number of aromatic nitrogens is 3. The van der Waals surface area contributed by atoms with Gasteiger partial charge in [-0.3, -0.25) is 5.32 Å². The molecule has 7 rings (SSSR count). The quantitative estimate of drug-likeness (QED) is 0.156. The fraction of sp³-hybridized carbons (Fsp3) is 0.286. The third-order valence-electron chi connectivity index (χ3n) is 9.50. The van der Waals surface area contributed by atoms with E-state index in [2.05, 4.69) is 52.7 Å². The lowest BCUT2D eigenvalue weighted by Gasteiger charge is -2.38. The zero-order valence-corrected chi connectivity index (χ0v) is 23.6. The lowest BCUT2D eigenvalue weighted by atomic mass is 9.68. The van der Waals surface area contributed by atoms with E-state index in [1.54, 1.807) is 24.3 Å². The average Bonchev–Trinajstić information content (AvgIpc) is 3.67. The number of nitrogens with one attached hydrogen (secondary N) is 2. The predicted molar refractivity (Wildman–Crippen MR) is 163 cm³/mol. The van der Waals surface area contributed by atoms with E-state index in [0.29, 0.717) is 12.3 Å². The van der Waals surface area contributed by atoms with Gasteiger partial charge >= 0.3 is 0 Å². The summed E-state index contributed by atoms with van der Waals surface area (Å²) in [6.07, 6.45) is 9.75. The smallest absolute Gasteiger partial charge is 0.123 e. The molecule has 0 radical (unpaired) electrons. The number of hydrogen-bond acceptors (Lipinski definition) is 4. The van der Waals surface area contributed by atoms with Crippen molar-refractivity contribution in [3.8, 4) is 11.4 Å². The van der Waals surface area contributed by atoms with Crippen LogP contribution in [0.3, 0.4) is 0 Å². The number of allylic oxidation sites excluding steroid dienone is 1. The molecule has 5 aromatic rings. The van der Waals surface area contributed by atoms with E-state index in [1.165, 1.54) is 23.3 Å². The number of nitrogens with zero attached hydrogens (tertiary/aromatic N) is 2. The number of aromatic amines is 1. The molecule has 6 nitrogen and oxygen atoms in total. The van der Waals surface area contributed by atoms with Crippen LogP contribution < -0.4 is 5.32 Å². The molecule has 1 saturated carbocycles. The number of benzene rings is 3. The summed E-state index contributed by atoms with van der Waals surface area (Å²) < 4.78 is 15.5. The number of phenolic OH excluding ortho intramolecular Hbond substituents is 1. The minimum Gasteiger partial charge on any atom is -0.508 e. The molecule has 0 aliphatic heterocycles. The lowest BCUT2D eigenvalue weighted by Crippen LogP contribution is -2.37. The Morgan fingerprint density at radius 1 is 1.12 bits per heavy atom. The highest BCUT2D eigenvalue weighted by Crippen LogP contribution is 2.55. The number of rotatable bonds is 8. The first-order valence-electron chi connectivity index (χ1n) is 14.7. The van der Waals surface area contributed by atoms with Gasteiger partial charge in [-0.25, -0.2) is 9.07 Å². The Labute approximate surface area is 244 Å². The number of aromatic hydroxyl groups is 1. The molecule has 0 saturated heterocycles. The van der Waals surface area contributed by atoms with E-state index in [9.17, 15) is 14.6 Å². The molecule has 7 heteroatoms. The van der Waals surface area contributed by atoms with E-state index >= 15 is 0 Å². The summed E-state index contributed by atoms with van der Waals surface area (Å²) in [5, 5.41) is 30.4. The van der Waals surface area contributed by atoms with Crippen LogP contribution in [0.15, 0.2) is 90.8 Å². The molecule has 0 bridgehead atoms. The van der Waals surface area contributed by atoms with Gasteiger partial charge in [-0.2, -0.15) is 5.10 Å². The van der Waals surface area contributed by atoms with Crippen molar-refractivity contribution in [3.63, 3.8) is 0 Å². The lowest BCUT2D eigenvalue weighted by molar-refractivity contribution is 0.109. The fourth-order valence-electron chi connectivity index (χ4n) is 7.20. The van der Waals surface area contributed by atoms with E-state index in [-0.39, 0.29) is 23.0 Å². The van der Waals surface area contributed by atoms with Crippen LogP contribution in [0.25, 0.3) is 22.7 Å². The van der Waals surface area contributed by atoms with Crippen molar-refractivity contribution in [2.45, 2.75) is 51.3 Å². The molecular weight excluding hydrogens is 527 g/mol.